The molecule has 0 saturated heterocycles. The monoisotopic (exact) mass is 557 g/mol. The first-order valence-electron chi connectivity index (χ1n) is 12.6. The van der Waals surface area contributed by atoms with Gasteiger partial charge in [0.1, 0.15) is 23.0 Å². The first kappa shape index (κ1) is 25.7. The van der Waals surface area contributed by atoms with Crippen molar-refractivity contribution in [2.45, 2.75) is 18.4 Å². The minimum absolute atomic E-state index is 0.100. The standard InChI is InChI=1S/C31H22ClF2N3O3/c1-35-30(39)27-22-14-18(7-10-25(22)40-28(27)17-5-8-19(33)9-6-17)20-15-21(24(34)16-23(20)32)29(38)37-31(11-12-31)26-4-2-3-13-36-26/h2-10,13-16H,11-12H2,1H3,(H,35,39)(H,37,38). The molecule has 40 heavy (non-hydrogen) atoms. The van der Waals surface area contributed by atoms with Crippen molar-refractivity contribution in [2.24, 2.45) is 0 Å². The molecule has 5 aromatic rings. The van der Waals surface area contributed by atoms with Crippen LogP contribution < -0.4 is 10.6 Å². The lowest BCUT2D eigenvalue weighted by molar-refractivity contribution is 0.0924. The summed E-state index contributed by atoms with van der Waals surface area (Å²) in [6.45, 7) is 0. The molecule has 6 rings (SSSR count). The quantitative estimate of drug-likeness (QED) is 0.238. The fraction of sp³-hybridized carbons (Fsp3) is 0.129. The van der Waals surface area contributed by atoms with Crippen molar-refractivity contribution in [2.75, 3.05) is 7.05 Å². The Balaban J connectivity index is 1.41. The molecule has 1 fully saturated rings. The van der Waals surface area contributed by atoms with Gasteiger partial charge in [0, 0.05) is 29.8 Å². The number of hydrogen-bond acceptors (Lipinski definition) is 4. The van der Waals surface area contributed by atoms with Crippen molar-refractivity contribution in [3.8, 4) is 22.5 Å². The first-order chi connectivity index (χ1) is 19.3. The predicted octanol–water partition coefficient (Wildman–Crippen LogP) is 6.87. The summed E-state index contributed by atoms with van der Waals surface area (Å²) in [7, 11) is 1.50. The molecule has 0 bridgehead atoms. The lowest BCUT2D eigenvalue weighted by Gasteiger charge is -2.18. The summed E-state index contributed by atoms with van der Waals surface area (Å²) in [5, 5.41) is 6.15. The third-order valence-electron chi connectivity index (χ3n) is 7.12. The molecule has 200 valence electrons. The molecule has 0 unspecified atom stereocenters. The van der Waals surface area contributed by atoms with Gasteiger partial charge < -0.3 is 15.1 Å². The number of carbonyl (C=O) groups is 2. The van der Waals surface area contributed by atoms with Crippen molar-refractivity contribution in [1.82, 2.24) is 15.6 Å². The van der Waals surface area contributed by atoms with Crippen LogP contribution in [0.1, 0.15) is 39.3 Å². The summed E-state index contributed by atoms with van der Waals surface area (Å²) in [5.41, 5.74) is 2.10. The number of fused-ring (bicyclic) bond motifs is 1. The first-order valence-corrected chi connectivity index (χ1v) is 13.0. The molecule has 1 saturated carbocycles. The van der Waals surface area contributed by atoms with E-state index in [1.165, 1.54) is 37.4 Å². The summed E-state index contributed by atoms with van der Waals surface area (Å²) in [6.07, 6.45) is 3.06. The fourth-order valence-corrected chi connectivity index (χ4v) is 5.12. The number of benzene rings is 3. The van der Waals surface area contributed by atoms with E-state index in [-0.39, 0.29) is 21.9 Å². The zero-order chi connectivity index (χ0) is 28.0. The van der Waals surface area contributed by atoms with Gasteiger partial charge in [-0.1, -0.05) is 23.7 Å². The maximum Gasteiger partial charge on any atom is 0.255 e. The zero-order valence-electron chi connectivity index (χ0n) is 21.2. The summed E-state index contributed by atoms with van der Waals surface area (Å²) < 4.78 is 34.6. The van der Waals surface area contributed by atoms with Crippen LogP contribution in [-0.2, 0) is 5.54 Å². The van der Waals surface area contributed by atoms with Gasteiger partial charge in [-0.2, -0.15) is 0 Å². The van der Waals surface area contributed by atoms with Crippen LogP contribution >= 0.6 is 11.6 Å². The van der Waals surface area contributed by atoms with Crippen LogP contribution in [-0.4, -0.2) is 23.8 Å². The van der Waals surface area contributed by atoms with Crippen LogP contribution in [0.4, 0.5) is 8.78 Å². The van der Waals surface area contributed by atoms with Crippen molar-refractivity contribution in [3.05, 3.63) is 112 Å². The Morgan fingerprint density at radius 3 is 2.38 bits per heavy atom. The second-order valence-electron chi connectivity index (χ2n) is 9.67. The largest absolute Gasteiger partial charge is 0.455 e. The highest BCUT2D eigenvalue weighted by Gasteiger charge is 2.47. The SMILES string of the molecule is CNC(=O)c1c(-c2ccc(F)cc2)oc2ccc(-c3cc(C(=O)NC4(c5ccccn5)CC4)c(F)cc3Cl)cc12. The van der Waals surface area contributed by atoms with Crippen LogP contribution in [0.5, 0.6) is 0 Å². The summed E-state index contributed by atoms with van der Waals surface area (Å²) in [4.78, 5) is 30.5. The number of halogens is 3. The van der Waals surface area contributed by atoms with Crippen LogP contribution in [0.25, 0.3) is 33.4 Å². The van der Waals surface area contributed by atoms with Crippen LogP contribution in [0.15, 0.2) is 83.4 Å². The van der Waals surface area contributed by atoms with Gasteiger partial charge in [0.25, 0.3) is 11.8 Å². The molecule has 1 aliphatic carbocycles. The second kappa shape index (κ2) is 9.88. The van der Waals surface area contributed by atoms with E-state index in [0.717, 1.165) is 11.8 Å². The average Bonchev–Trinajstić information content (AvgIpc) is 3.64. The van der Waals surface area contributed by atoms with E-state index in [4.69, 9.17) is 16.0 Å². The number of nitrogens with zero attached hydrogens (tertiary/aromatic N) is 1. The Kier molecular flexibility index (Phi) is 6.35. The van der Waals surface area contributed by atoms with E-state index in [2.05, 4.69) is 15.6 Å². The maximum absolute atomic E-state index is 15.0. The molecule has 6 nitrogen and oxygen atoms in total. The highest BCUT2D eigenvalue weighted by Crippen LogP contribution is 2.45. The summed E-state index contributed by atoms with van der Waals surface area (Å²) in [5.74, 6) is -1.86. The fourth-order valence-electron chi connectivity index (χ4n) is 4.87. The molecule has 0 radical (unpaired) electrons. The third kappa shape index (κ3) is 4.50. The lowest BCUT2D eigenvalue weighted by atomic mass is 9.98. The molecule has 0 aliphatic heterocycles. The number of rotatable bonds is 6. The van der Waals surface area contributed by atoms with Crippen molar-refractivity contribution < 1.29 is 22.8 Å². The molecule has 2 heterocycles. The van der Waals surface area contributed by atoms with Gasteiger partial charge in [-0.05, 0) is 79.1 Å². The minimum Gasteiger partial charge on any atom is -0.455 e. The summed E-state index contributed by atoms with van der Waals surface area (Å²) >= 11 is 6.46. The van der Waals surface area contributed by atoms with Crippen molar-refractivity contribution >= 4 is 34.4 Å². The third-order valence-corrected chi connectivity index (χ3v) is 7.43. The molecule has 3 aromatic carbocycles. The molecular formula is C31H22ClF2N3O3. The van der Waals surface area contributed by atoms with E-state index in [1.807, 2.05) is 12.1 Å². The van der Waals surface area contributed by atoms with Crippen LogP contribution in [0.3, 0.4) is 0 Å². The van der Waals surface area contributed by atoms with E-state index >= 15 is 4.39 Å². The van der Waals surface area contributed by atoms with E-state index in [0.29, 0.717) is 40.5 Å². The van der Waals surface area contributed by atoms with Gasteiger partial charge in [0.05, 0.1) is 27.4 Å². The molecule has 0 atom stereocenters. The number of hydrogen-bond donors (Lipinski definition) is 2. The van der Waals surface area contributed by atoms with Crippen LogP contribution in [0.2, 0.25) is 5.02 Å². The van der Waals surface area contributed by atoms with E-state index in [9.17, 15) is 14.0 Å². The normalized spacial score (nSPS) is 13.7. The topological polar surface area (TPSA) is 84.2 Å². The Bertz CT molecular complexity index is 1780. The smallest absolute Gasteiger partial charge is 0.255 e. The van der Waals surface area contributed by atoms with Gasteiger partial charge in [0.15, 0.2) is 0 Å². The number of pyridine rings is 1. The molecular weight excluding hydrogens is 536 g/mol. The molecule has 2 amide bonds. The Morgan fingerprint density at radius 2 is 1.70 bits per heavy atom. The number of furan rings is 1. The molecule has 2 aromatic heterocycles. The molecule has 0 spiro atoms. The van der Waals surface area contributed by atoms with Gasteiger partial charge >= 0.3 is 0 Å². The van der Waals surface area contributed by atoms with E-state index in [1.54, 1.807) is 30.5 Å². The van der Waals surface area contributed by atoms with Crippen LogP contribution in [0, 0.1) is 11.6 Å². The average molecular weight is 558 g/mol. The van der Waals surface area contributed by atoms with Crippen molar-refractivity contribution in [3.63, 3.8) is 0 Å². The number of carbonyl (C=O) groups excluding carboxylic acids is 2. The lowest BCUT2D eigenvalue weighted by Crippen LogP contribution is -2.36. The molecule has 1 aliphatic rings. The second-order valence-corrected chi connectivity index (χ2v) is 10.1. The van der Waals surface area contributed by atoms with Crippen molar-refractivity contribution in [1.29, 1.82) is 0 Å². The number of amides is 2. The predicted molar refractivity (Wildman–Crippen MR) is 148 cm³/mol. The molecule has 9 heteroatoms. The Morgan fingerprint density at radius 1 is 0.950 bits per heavy atom. The highest BCUT2D eigenvalue weighted by molar-refractivity contribution is 6.33. The van der Waals surface area contributed by atoms with Gasteiger partial charge in [0.2, 0.25) is 0 Å². The zero-order valence-corrected chi connectivity index (χ0v) is 22.0. The minimum atomic E-state index is -0.753. The number of aromatic nitrogens is 1. The number of nitrogens with one attached hydrogen (secondary N) is 2. The Labute approximate surface area is 233 Å². The van der Waals surface area contributed by atoms with Gasteiger partial charge in [-0.3, -0.25) is 14.6 Å². The van der Waals surface area contributed by atoms with Gasteiger partial charge in [-0.15, -0.1) is 0 Å². The Hall–Kier alpha value is -4.56. The summed E-state index contributed by atoms with van der Waals surface area (Å²) in [6, 6.07) is 18.7. The highest BCUT2D eigenvalue weighted by atomic mass is 35.5. The van der Waals surface area contributed by atoms with Gasteiger partial charge in [-0.25, -0.2) is 8.78 Å². The van der Waals surface area contributed by atoms with E-state index < -0.39 is 29.0 Å². The molecule has 2 N–H and O–H groups in total. The maximum atomic E-state index is 15.0.